The van der Waals surface area contributed by atoms with Crippen LogP contribution in [0, 0.1) is 13.8 Å². The number of carbonyl (C=O) groups is 1. The van der Waals surface area contributed by atoms with Crippen LogP contribution >= 0.6 is 11.6 Å². The molecule has 0 atom stereocenters. The quantitative estimate of drug-likeness (QED) is 0.326. The Kier molecular flexibility index (Phi) is 6.25. The van der Waals surface area contributed by atoms with E-state index in [1.165, 1.54) is 0 Å². The van der Waals surface area contributed by atoms with E-state index in [0.29, 0.717) is 23.9 Å². The van der Waals surface area contributed by atoms with E-state index in [-0.39, 0.29) is 11.7 Å². The first-order chi connectivity index (χ1) is 17.0. The first-order valence-corrected chi connectivity index (χ1v) is 11.6. The molecule has 0 spiro atoms. The van der Waals surface area contributed by atoms with Crippen molar-refractivity contribution < 1.29 is 9.21 Å². The maximum Gasteiger partial charge on any atom is 0.287 e. The largest absolute Gasteiger partial charge is 0.454 e. The van der Waals surface area contributed by atoms with Crippen molar-refractivity contribution in [2.24, 2.45) is 0 Å². The summed E-state index contributed by atoms with van der Waals surface area (Å²) in [7, 11) is 0. The van der Waals surface area contributed by atoms with Gasteiger partial charge in [-0.05, 0) is 38.1 Å². The molecular formula is C27H24ClN5O2. The zero-order chi connectivity index (χ0) is 24.4. The van der Waals surface area contributed by atoms with Crippen LogP contribution in [0.15, 0.2) is 83.4 Å². The van der Waals surface area contributed by atoms with Gasteiger partial charge in [0.1, 0.15) is 5.76 Å². The number of rotatable bonds is 7. The summed E-state index contributed by atoms with van der Waals surface area (Å²) in [6, 6.07) is 23.3. The van der Waals surface area contributed by atoms with Gasteiger partial charge < -0.3 is 9.73 Å². The number of nitrogens with zero attached hydrogens (tertiary/aromatic N) is 4. The van der Waals surface area contributed by atoms with Crippen LogP contribution in [0.5, 0.6) is 0 Å². The zero-order valence-corrected chi connectivity index (χ0v) is 20.2. The van der Waals surface area contributed by atoms with Crippen molar-refractivity contribution >= 4 is 17.5 Å². The van der Waals surface area contributed by atoms with Crippen molar-refractivity contribution in [3.05, 3.63) is 112 Å². The van der Waals surface area contributed by atoms with Crippen LogP contribution < -0.4 is 5.32 Å². The Balaban J connectivity index is 1.33. The van der Waals surface area contributed by atoms with Crippen LogP contribution in [0.3, 0.4) is 0 Å². The molecule has 0 fully saturated rings. The summed E-state index contributed by atoms with van der Waals surface area (Å²) in [5.41, 5.74) is 5.26. The third-order valence-corrected chi connectivity index (χ3v) is 6.33. The highest BCUT2D eigenvalue weighted by Gasteiger charge is 2.17. The Morgan fingerprint density at radius 3 is 2.37 bits per heavy atom. The summed E-state index contributed by atoms with van der Waals surface area (Å²) < 4.78 is 9.39. The Bertz CT molecular complexity index is 1470. The third-order valence-electron chi connectivity index (χ3n) is 5.78. The number of aromatic nitrogens is 4. The minimum atomic E-state index is -0.297. The van der Waals surface area contributed by atoms with Gasteiger partial charge in [0.25, 0.3) is 5.91 Å². The topological polar surface area (TPSA) is 77.9 Å². The molecule has 5 rings (SSSR count). The first-order valence-electron chi connectivity index (χ1n) is 11.3. The molecule has 0 aliphatic rings. The SMILES string of the molecule is Cc1nn(Cc2ccc(C(=O)NCc3cn(-c4ccccc4)nc3-c3ccccc3)o2)c(C)c1Cl. The molecule has 0 aliphatic heterocycles. The van der Waals surface area contributed by atoms with Crippen molar-refractivity contribution in [1.82, 2.24) is 24.9 Å². The highest BCUT2D eigenvalue weighted by Crippen LogP contribution is 2.24. The van der Waals surface area contributed by atoms with E-state index in [0.717, 1.165) is 33.9 Å². The number of amides is 1. The van der Waals surface area contributed by atoms with Gasteiger partial charge in [-0.15, -0.1) is 0 Å². The lowest BCUT2D eigenvalue weighted by molar-refractivity contribution is 0.0921. The van der Waals surface area contributed by atoms with E-state index in [9.17, 15) is 4.79 Å². The molecule has 0 aliphatic carbocycles. The number of halogens is 1. The fourth-order valence-electron chi connectivity index (χ4n) is 3.92. The van der Waals surface area contributed by atoms with Gasteiger partial charge >= 0.3 is 0 Å². The highest BCUT2D eigenvalue weighted by atomic mass is 35.5. The van der Waals surface area contributed by atoms with Gasteiger partial charge in [-0.1, -0.05) is 60.1 Å². The predicted octanol–water partition coefficient (Wildman–Crippen LogP) is 5.58. The van der Waals surface area contributed by atoms with Crippen LogP contribution in [0.25, 0.3) is 16.9 Å². The van der Waals surface area contributed by atoms with Crippen LogP contribution in [0.4, 0.5) is 0 Å². The minimum absolute atomic E-state index is 0.240. The number of furan rings is 1. The van der Waals surface area contributed by atoms with E-state index >= 15 is 0 Å². The van der Waals surface area contributed by atoms with Crippen molar-refractivity contribution in [2.45, 2.75) is 26.9 Å². The van der Waals surface area contributed by atoms with E-state index in [2.05, 4.69) is 10.4 Å². The molecule has 5 aromatic rings. The van der Waals surface area contributed by atoms with Crippen molar-refractivity contribution in [3.63, 3.8) is 0 Å². The summed E-state index contributed by atoms with van der Waals surface area (Å²) in [5, 5.41) is 12.8. The van der Waals surface area contributed by atoms with Gasteiger partial charge in [0, 0.05) is 23.9 Å². The molecule has 0 radical (unpaired) electrons. The second kappa shape index (κ2) is 9.64. The summed E-state index contributed by atoms with van der Waals surface area (Å²) in [4.78, 5) is 12.9. The Morgan fingerprint density at radius 1 is 0.971 bits per heavy atom. The lowest BCUT2D eigenvalue weighted by Crippen LogP contribution is -2.22. The Morgan fingerprint density at radius 2 is 1.69 bits per heavy atom. The van der Waals surface area contributed by atoms with E-state index < -0.39 is 0 Å². The fourth-order valence-corrected chi connectivity index (χ4v) is 4.05. The summed E-state index contributed by atoms with van der Waals surface area (Å²) in [6.45, 7) is 4.46. The molecule has 1 N–H and O–H groups in total. The molecule has 0 bridgehead atoms. The number of nitrogens with one attached hydrogen (secondary N) is 1. The van der Waals surface area contributed by atoms with Crippen molar-refractivity contribution in [2.75, 3.05) is 0 Å². The number of hydrogen-bond acceptors (Lipinski definition) is 4. The van der Waals surface area contributed by atoms with Gasteiger partial charge in [-0.2, -0.15) is 10.2 Å². The lowest BCUT2D eigenvalue weighted by Gasteiger charge is -2.05. The molecule has 3 aromatic heterocycles. The maximum absolute atomic E-state index is 12.9. The van der Waals surface area contributed by atoms with Crippen molar-refractivity contribution in [3.8, 4) is 16.9 Å². The number of carbonyl (C=O) groups excluding carboxylic acids is 1. The highest BCUT2D eigenvalue weighted by molar-refractivity contribution is 6.31. The summed E-state index contributed by atoms with van der Waals surface area (Å²) >= 11 is 6.23. The molecule has 3 heterocycles. The normalized spacial score (nSPS) is 11.1. The molecular weight excluding hydrogens is 462 g/mol. The number of hydrogen-bond donors (Lipinski definition) is 1. The van der Waals surface area contributed by atoms with Crippen LogP contribution in [0.2, 0.25) is 5.02 Å². The van der Waals surface area contributed by atoms with E-state index in [1.54, 1.807) is 16.8 Å². The number of benzene rings is 2. The average Bonchev–Trinajstić information content (AvgIpc) is 3.59. The Hall–Kier alpha value is -4.10. The minimum Gasteiger partial charge on any atom is -0.454 e. The molecule has 8 heteroatoms. The number of para-hydroxylation sites is 1. The van der Waals surface area contributed by atoms with E-state index in [1.807, 2.05) is 85.4 Å². The average molecular weight is 486 g/mol. The number of aryl methyl sites for hydroxylation is 1. The van der Waals surface area contributed by atoms with Gasteiger partial charge in [-0.25, -0.2) is 4.68 Å². The second-order valence-corrected chi connectivity index (χ2v) is 8.62. The molecule has 0 saturated heterocycles. The lowest BCUT2D eigenvalue weighted by atomic mass is 10.1. The van der Waals surface area contributed by atoms with Gasteiger partial charge in [-0.3, -0.25) is 9.48 Å². The molecule has 0 saturated carbocycles. The monoisotopic (exact) mass is 485 g/mol. The van der Waals surface area contributed by atoms with Gasteiger partial charge in [0.15, 0.2) is 5.76 Å². The van der Waals surface area contributed by atoms with Gasteiger partial charge in [0.2, 0.25) is 0 Å². The van der Waals surface area contributed by atoms with Gasteiger partial charge in [0.05, 0.1) is 34.3 Å². The second-order valence-electron chi connectivity index (χ2n) is 8.24. The predicted molar refractivity (Wildman–Crippen MR) is 135 cm³/mol. The summed E-state index contributed by atoms with van der Waals surface area (Å²) in [6.07, 6.45) is 1.94. The third kappa shape index (κ3) is 4.76. The molecule has 176 valence electrons. The van der Waals surface area contributed by atoms with Crippen LogP contribution in [-0.2, 0) is 13.1 Å². The fraction of sp³-hybridized carbons (Fsp3) is 0.148. The maximum atomic E-state index is 12.9. The molecule has 2 aromatic carbocycles. The summed E-state index contributed by atoms with van der Waals surface area (Å²) in [5.74, 6) is 0.567. The molecule has 7 nitrogen and oxygen atoms in total. The molecule has 0 unspecified atom stereocenters. The molecule has 35 heavy (non-hydrogen) atoms. The first kappa shape index (κ1) is 22.7. The zero-order valence-electron chi connectivity index (χ0n) is 19.4. The van der Waals surface area contributed by atoms with Crippen LogP contribution in [0.1, 0.15) is 33.3 Å². The Labute approximate surface area is 208 Å². The van der Waals surface area contributed by atoms with Crippen LogP contribution in [-0.4, -0.2) is 25.5 Å². The van der Waals surface area contributed by atoms with Crippen molar-refractivity contribution in [1.29, 1.82) is 0 Å². The molecule has 1 amide bonds. The van der Waals surface area contributed by atoms with E-state index in [4.69, 9.17) is 21.1 Å². The standard InChI is InChI=1S/C27H24ClN5O2/c1-18-25(28)19(2)32(30-18)17-23-13-14-24(35-23)27(34)29-15-21-16-33(22-11-7-4-8-12-22)31-26(21)20-9-5-3-6-10-20/h3-14,16H,15,17H2,1-2H3,(H,29,34). The smallest absolute Gasteiger partial charge is 0.287 e.